The summed E-state index contributed by atoms with van der Waals surface area (Å²) in [4.78, 5) is 24.2. The highest BCUT2D eigenvalue weighted by Gasteiger charge is 2.23. The molecule has 1 heterocycles. The van der Waals surface area contributed by atoms with Gasteiger partial charge in [0.2, 0.25) is 5.91 Å². The van der Waals surface area contributed by atoms with Crippen LogP contribution in [0.15, 0.2) is 24.3 Å². The van der Waals surface area contributed by atoms with Crippen molar-refractivity contribution < 1.29 is 19.1 Å². The van der Waals surface area contributed by atoms with E-state index in [1.807, 2.05) is 24.3 Å². The third kappa shape index (κ3) is 7.48. The van der Waals surface area contributed by atoms with Gasteiger partial charge in [-0.1, -0.05) is 45.0 Å². The smallest absolute Gasteiger partial charge is 0.307 e. The Morgan fingerprint density at radius 3 is 2.48 bits per heavy atom. The van der Waals surface area contributed by atoms with Gasteiger partial charge in [-0.2, -0.15) is 0 Å². The fourth-order valence-electron chi connectivity index (χ4n) is 2.95. The lowest BCUT2D eigenvalue weighted by atomic mass is 9.86. The van der Waals surface area contributed by atoms with E-state index in [-0.39, 0.29) is 42.2 Å². The number of hydrogen-bond acceptors (Lipinski definition) is 5. The molecule has 1 aliphatic rings. The normalized spacial score (nSPS) is 18.1. The second-order valence-electron chi connectivity index (χ2n) is 7.70. The SMILES string of the molecule is COC(=O)CC(NC(=O)CC1COCCN1)c1ccc(C(C)(C)C)cc1.Cl. The Kier molecular flexibility index (Phi) is 9.22. The average molecular weight is 399 g/mol. The Bertz CT molecular complexity index is 607. The highest BCUT2D eigenvalue weighted by atomic mass is 35.5. The molecule has 152 valence electrons. The maximum absolute atomic E-state index is 12.4. The van der Waals surface area contributed by atoms with Crippen LogP contribution in [0.25, 0.3) is 0 Å². The van der Waals surface area contributed by atoms with Crippen LogP contribution >= 0.6 is 12.4 Å². The summed E-state index contributed by atoms with van der Waals surface area (Å²) in [6.45, 7) is 8.38. The summed E-state index contributed by atoms with van der Waals surface area (Å²) in [6, 6.07) is 7.62. The van der Waals surface area contributed by atoms with E-state index >= 15 is 0 Å². The second kappa shape index (κ2) is 10.6. The van der Waals surface area contributed by atoms with Crippen LogP contribution in [0.4, 0.5) is 0 Å². The summed E-state index contributed by atoms with van der Waals surface area (Å²) in [6.07, 6.45) is 0.420. The van der Waals surface area contributed by atoms with Crippen molar-refractivity contribution in [3.05, 3.63) is 35.4 Å². The molecule has 0 bridgehead atoms. The zero-order chi connectivity index (χ0) is 19.2. The number of nitrogens with one attached hydrogen (secondary N) is 2. The molecule has 0 saturated carbocycles. The number of carbonyl (C=O) groups excluding carboxylic acids is 2. The topological polar surface area (TPSA) is 76.7 Å². The minimum Gasteiger partial charge on any atom is -0.469 e. The van der Waals surface area contributed by atoms with Gasteiger partial charge in [0.05, 0.1) is 32.8 Å². The first kappa shape index (κ1) is 23.4. The zero-order valence-corrected chi connectivity index (χ0v) is 17.4. The lowest BCUT2D eigenvalue weighted by Crippen LogP contribution is -2.44. The molecule has 1 amide bonds. The van der Waals surface area contributed by atoms with Crippen molar-refractivity contribution in [1.82, 2.24) is 10.6 Å². The highest BCUT2D eigenvalue weighted by Crippen LogP contribution is 2.25. The monoisotopic (exact) mass is 398 g/mol. The van der Waals surface area contributed by atoms with Crippen molar-refractivity contribution in [3.8, 4) is 0 Å². The van der Waals surface area contributed by atoms with E-state index < -0.39 is 6.04 Å². The number of esters is 1. The van der Waals surface area contributed by atoms with Crippen molar-refractivity contribution in [2.24, 2.45) is 0 Å². The molecule has 1 saturated heterocycles. The number of morpholine rings is 1. The maximum atomic E-state index is 12.4. The van der Waals surface area contributed by atoms with E-state index in [1.54, 1.807) is 0 Å². The van der Waals surface area contributed by atoms with Crippen LogP contribution in [0.2, 0.25) is 0 Å². The van der Waals surface area contributed by atoms with Gasteiger partial charge in [-0.15, -0.1) is 12.4 Å². The summed E-state index contributed by atoms with van der Waals surface area (Å²) in [5.41, 5.74) is 2.14. The first-order valence-electron chi connectivity index (χ1n) is 9.07. The van der Waals surface area contributed by atoms with Crippen LogP contribution in [0.1, 0.15) is 50.8 Å². The Balaban J connectivity index is 0.00000364. The molecule has 2 N–H and O–H groups in total. The Hall–Kier alpha value is -1.63. The molecular formula is C20H31ClN2O4. The third-order valence-electron chi connectivity index (χ3n) is 4.54. The predicted octanol–water partition coefficient (Wildman–Crippen LogP) is 2.50. The number of hydrogen-bond donors (Lipinski definition) is 2. The lowest BCUT2D eigenvalue weighted by molar-refractivity contribution is -0.141. The van der Waals surface area contributed by atoms with Gasteiger partial charge in [-0.3, -0.25) is 9.59 Å². The van der Waals surface area contributed by atoms with E-state index in [4.69, 9.17) is 9.47 Å². The number of amides is 1. The first-order valence-corrected chi connectivity index (χ1v) is 9.07. The summed E-state index contributed by atoms with van der Waals surface area (Å²) >= 11 is 0. The van der Waals surface area contributed by atoms with Gasteiger partial charge in [-0.25, -0.2) is 0 Å². The van der Waals surface area contributed by atoms with Crippen molar-refractivity contribution >= 4 is 24.3 Å². The molecule has 0 aliphatic carbocycles. The van der Waals surface area contributed by atoms with Crippen LogP contribution in [0.5, 0.6) is 0 Å². The minimum absolute atomic E-state index is 0. The molecule has 2 atom stereocenters. The van der Waals surface area contributed by atoms with Crippen molar-refractivity contribution in [2.75, 3.05) is 26.9 Å². The van der Waals surface area contributed by atoms with Crippen molar-refractivity contribution in [2.45, 2.75) is 51.1 Å². The number of rotatable bonds is 6. The molecule has 27 heavy (non-hydrogen) atoms. The van der Waals surface area contributed by atoms with E-state index in [0.717, 1.165) is 12.1 Å². The molecule has 1 aromatic rings. The van der Waals surface area contributed by atoms with Gasteiger partial charge in [-0.05, 0) is 16.5 Å². The molecule has 0 spiro atoms. The fraction of sp³-hybridized carbons (Fsp3) is 0.600. The molecule has 2 rings (SSSR count). The molecule has 1 aromatic carbocycles. The lowest BCUT2D eigenvalue weighted by Gasteiger charge is -2.25. The Morgan fingerprint density at radius 1 is 1.30 bits per heavy atom. The highest BCUT2D eigenvalue weighted by molar-refractivity contribution is 5.85. The molecular weight excluding hydrogens is 368 g/mol. The van der Waals surface area contributed by atoms with E-state index in [1.165, 1.54) is 12.7 Å². The van der Waals surface area contributed by atoms with Crippen LogP contribution < -0.4 is 10.6 Å². The molecule has 6 nitrogen and oxygen atoms in total. The van der Waals surface area contributed by atoms with Gasteiger partial charge < -0.3 is 20.1 Å². The van der Waals surface area contributed by atoms with Gasteiger partial charge >= 0.3 is 5.97 Å². The molecule has 0 aromatic heterocycles. The largest absolute Gasteiger partial charge is 0.469 e. The second-order valence-corrected chi connectivity index (χ2v) is 7.70. The zero-order valence-electron chi connectivity index (χ0n) is 16.5. The number of methoxy groups -OCH3 is 1. The number of carbonyl (C=O) groups is 2. The minimum atomic E-state index is -0.409. The fourth-order valence-corrected chi connectivity index (χ4v) is 2.95. The summed E-state index contributed by atoms with van der Waals surface area (Å²) in [5.74, 6) is -0.462. The molecule has 7 heteroatoms. The number of ether oxygens (including phenoxy) is 2. The standard InChI is InChI=1S/C20H30N2O4.ClH/c1-20(2,3)15-7-5-14(6-8-15)17(12-19(24)25-4)22-18(23)11-16-13-26-10-9-21-16;/h5-8,16-17,21H,9-13H2,1-4H3,(H,22,23);1H. The first-order chi connectivity index (χ1) is 12.3. The van der Waals surface area contributed by atoms with Gasteiger partial charge in [0.15, 0.2) is 0 Å². The molecule has 0 radical (unpaired) electrons. The number of benzene rings is 1. The summed E-state index contributed by atoms with van der Waals surface area (Å²) in [7, 11) is 1.35. The summed E-state index contributed by atoms with van der Waals surface area (Å²) in [5, 5.41) is 6.23. The Labute approximate surface area is 167 Å². The number of halogens is 1. The maximum Gasteiger partial charge on any atom is 0.307 e. The Morgan fingerprint density at radius 2 is 1.96 bits per heavy atom. The van der Waals surface area contributed by atoms with Crippen LogP contribution in [0, 0.1) is 0 Å². The van der Waals surface area contributed by atoms with Gasteiger partial charge in [0.25, 0.3) is 0 Å². The molecule has 2 unspecified atom stereocenters. The van der Waals surface area contributed by atoms with E-state index in [2.05, 4.69) is 31.4 Å². The van der Waals surface area contributed by atoms with Crippen LogP contribution in [-0.2, 0) is 24.5 Å². The van der Waals surface area contributed by atoms with E-state index in [9.17, 15) is 9.59 Å². The van der Waals surface area contributed by atoms with Gasteiger partial charge in [0.1, 0.15) is 0 Å². The molecule has 1 fully saturated rings. The molecule has 1 aliphatic heterocycles. The van der Waals surface area contributed by atoms with Crippen LogP contribution in [0.3, 0.4) is 0 Å². The van der Waals surface area contributed by atoms with E-state index in [0.29, 0.717) is 19.6 Å². The van der Waals surface area contributed by atoms with Crippen LogP contribution in [-0.4, -0.2) is 44.8 Å². The quantitative estimate of drug-likeness (QED) is 0.720. The van der Waals surface area contributed by atoms with Crippen molar-refractivity contribution in [1.29, 1.82) is 0 Å². The van der Waals surface area contributed by atoms with Gasteiger partial charge in [0, 0.05) is 19.0 Å². The predicted molar refractivity (Wildman–Crippen MR) is 107 cm³/mol. The summed E-state index contributed by atoms with van der Waals surface area (Å²) < 4.78 is 10.2. The average Bonchev–Trinajstić information content (AvgIpc) is 2.61. The third-order valence-corrected chi connectivity index (χ3v) is 4.54. The van der Waals surface area contributed by atoms with Crippen molar-refractivity contribution in [3.63, 3.8) is 0 Å².